The van der Waals surface area contributed by atoms with Crippen molar-refractivity contribution in [2.24, 2.45) is 5.92 Å². The number of esters is 1. The number of amides is 1. The smallest absolute Gasteiger partial charge is 0.310 e. The molecule has 1 unspecified atom stereocenters. The second-order valence-electron chi connectivity index (χ2n) is 4.74. The number of halogens is 2. The minimum absolute atomic E-state index is 0.0238. The van der Waals surface area contributed by atoms with Gasteiger partial charge in [0.25, 0.3) is 5.91 Å². The van der Waals surface area contributed by atoms with Gasteiger partial charge in [0.05, 0.1) is 18.6 Å². The second-order valence-corrected chi connectivity index (χ2v) is 6.82. The van der Waals surface area contributed by atoms with E-state index in [4.69, 9.17) is 4.74 Å². The van der Waals surface area contributed by atoms with Gasteiger partial charge >= 0.3 is 5.97 Å². The first-order valence-electron chi connectivity index (χ1n) is 6.35. The zero-order valence-corrected chi connectivity index (χ0v) is 14.8. The Balaban J connectivity index is 2.16. The number of nitrogens with zero attached hydrogens (tertiary/aromatic N) is 1. The third-order valence-electron chi connectivity index (χ3n) is 3.40. The fourth-order valence-electron chi connectivity index (χ4n) is 2.35. The van der Waals surface area contributed by atoms with E-state index in [-0.39, 0.29) is 17.8 Å². The zero-order chi connectivity index (χ0) is 14.7. The molecule has 1 atom stereocenters. The van der Waals surface area contributed by atoms with E-state index in [9.17, 15) is 9.59 Å². The number of ether oxygens (including phenoxy) is 1. The van der Waals surface area contributed by atoms with Gasteiger partial charge in [-0.2, -0.15) is 0 Å². The largest absolute Gasteiger partial charge is 0.469 e. The quantitative estimate of drug-likeness (QED) is 0.512. The maximum atomic E-state index is 12.6. The van der Waals surface area contributed by atoms with E-state index in [1.165, 1.54) is 7.11 Å². The molecule has 20 heavy (non-hydrogen) atoms. The lowest BCUT2D eigenvalue weighted by Gasteiger charge is -2.31. The molecule has 1 aliphatic rings. The summed E-state index contributed by atoms with van der Waals surface area (Å²) in [5, 5.41) is 0. The van der Waals surface area contributed by atoms with Gasteiger partial charge in [0.15, 0.2) is 0 Å². The van der Waals surface area contributed by atoms with E-state index in [0.717, 1.165) is 20.9 Å². The number of piperidine rings is 1. The fraction of sp³-hybridized carbons (Fsp3) is 0.429. The highest BCUT2D eigenvalue weighted by Gasteiger charge is 2.30. The summed E-state index contributed by atoms with van der Waals surface area (Å²) in [6.45, 7) is 1.13. The van der Waals surface area contributed by atoms with Crippen LogP contribution in [0, 0.1) is 9.49 Å². The summed E-state index contributed by atoms with van der Waals surface area (Å²) < 4.78 is 6.57. The van der Waals surface area contributed by atoms with Crippen molar-refractivity contribution in [3.05, 3.63) is 31.8 Å². The molecule has 0 aliphatic carbocycles. The van der Waals surface area contributed by atoms with Gasteiger partial charge in [0.1, 0.15) is 0 Å². The number of hydrogen-bond donors (Lipinski definition) is 0. The third kappa shape index (κ3) is 3.52. The number of rotatable bonds is 2. The Morgan fingerprint density at radius 3 is 2.90 bits per heavy atom. The van der Waals surface area contributed by atoms with Gasteiger partial charge in [0, 0.05) is 21.1 Å². The number of hydrogen-bond acceptors (Lipinski definition) is 3. The van der Waals surface area contributed by atoms with E-state index in [0.29, 0.717) is 18.7 Å². The highest BCUT2D eigenvalue weighted by Crippen LogP contribution is 2.23. The van der Waals surface area contributed by atoms with Gasteiger partial charge in [-0.25, -0.2) is 0 Å². The topological polar surface area (TPSA) is 46.6 Å². The molecule has 0 bridgehead atoms. The molecule has 0 N–H and O–H groups in total. The first-order valence-corrected chi connectivity index (χ1v) is 8.22. The van der Waals surface area contributed by atoms with E-state index >= 15 is 0 Å². The Labute approximate surface area is 140 Å². The van der Waals surface area contributed by atoms with Crippen LogP contribution in [0.5, 0.6) is 0 Å². The molecule has 1 amide bonds. The molecular weight excluding hydrogens is 437 g/mol. The monoisotopic (exact) mass is 451 g/mol. The minimum atomic E-state index is -0.230. The predicted octanol–water partition coefficient (Wildman–Crippen LogP) is 3.08. The SMILES string of the molecule is COC(=O)C1CCCN(C(=O)c2cc(Br)ccc2I)C1. The predicted molar refractivity (Wildman–Crippen MR) is 87.5 cm³/mol. The molecule has 1 saturated heterocycles. The van der Waals surface area contributed by atoms with E-state index < -0.39 is 0 Å². The van der Waals surface area contributed by atoms with Crippen molar-refractivity contribution in [1.29, 1.82) is 0 Å². The lowest BCUT2D eigenvalue weighted by atomic mass is 9.97. The normalized spacial score (nSPS) is 18.8. The average molecular weight is 452 g/mol. The van der Waals surface area contributed by atoms with Crippen LogP contribution < -0.4 is 0 Å². The van der Waals surface area contributed by atoms with Crippen LogP contribution in [0.2, 0.25) is 0 Å². The molecule has 108 valence electrons. The highest BCUT2D eigenvalue weighted by atomic mass is 127. The Kier molecular flexibility index (Phi) is 5.42. The maximum absolute atomic E-state index is 12.6. The highest BCUT2D eigenvalue weighted by molar-refractivity contribution is 14.1. The molecule has 1 heterocycles. The van der Waals surface area contributed by atoms with Crippen LogP contribution in [-0.2, 0) is 9.53 Å². The molecule has 2 rings (SSSR count). The van der Waals surface area contributed by atoms with Crippen LogP contribution >= 0.6 is 38.5 Å². The number of carbonyl (C=O) groups excluding carboxylic acids is 2. The Morgan fingerprint density at radius 2 is 2.20 bits per heavy atom. The molecule has 1 fully saturated rings. The summed E-state index contributed by atoms with van der Waals surface area (Å²) in [4.78, 5) is 25.9. The summed E-state index contributed by atoms with van der Waals surface area (Å²) in [6, 6.07) is 5.64. The lowest BCUT2D eigenvalue weighted by molar-refractivity contribution is -0.146. The van der Waals surface area contributed by atoms with Gasteiger partial charge in [0.2, 0.25) is 0 Å². The molecule has 1 aromatic rings. The molecule has 1 aliphatic heterocycles. The first kappa shape index (κ1) is 15.8. The van der Waals surface area contributed by atoms with E-state index in [2.05, 4.69) is 38.5 Å². The number of carbonyl (C=O) groups is 2. The van der Waals surface area contributed by atoms with Crippen LogP contribution in [0.4, 0.5) is 0 Å². The number of likely N-dealkylation sites (tertiary alicyclic amines) is 1. The summed E-state index contributed by atoms with van der Waals surface area (Å²) in [5.74, 6) is -0.460. The van der Waals surface area contributed by atoms with Crippen LogP contribution in [0.3, 0.4) is 0 Å². The van der Waals surface area contributed by atoms with Crippen molar-refractivity contribution in [3.63, 3.8) is 0 Å². The van der Waals surface area contributed by atoms with Crippen LogP contribution in [-0.4, -0.2) is 37.0 Å². The molecule has 1 aromatic carbocycles. The molecule has 4 nitrogen and oxygen atoms in total. The minimum Gasteiger partial charge on any atom is -0.469 e. The van der Waals surface area contributed by atoms with Gasteiger partial charge in [-0.3, -0.25) is 9.59 Å². The molecule has 0 spiro atoms. The van der Waals surface area contributed by atoms with Gasteiger partial charge < -0.3 is 9.64 Å². The zero-order valence-electron chi connectivity index (χ0n) is 11.1. The fourth-order valence-corrected chi connectivity index (χ4v) is 3.28. The number of benzene rings is 1. The summed E-state index contributed by atoms with van der Waals surface area (Å²) in [5.41, 5.74) is 0.672. The third-order valence-corrected chi connectivity index (χ3v) is 4.84. The standard InChI is InChI=1S/C14H15BrINO3/c1-20-14(19)9-3-2-6-17(8-9)13(18)11-7-10(15)4-5-12(11)16/h4-5,7,9H,2-3,6,8H2,1H3. The molecule has 0 radical (unpaired) electrons. The van der Waals surface area contributed by atoms with Crippen LogP contribution in [0.1, 0.15) is 23.2 Å². The first-order chi connectivity index (χ1) is 9.52. The Hall–Kier alpha value is -0.630. The van der Waals surface area contributed by atoms with Crippen molar-refractivity contribution in [3.8, 4) is 0 Å². The van der Waals surface area contributed by atoms with Crippen molar-refractivity contribution in [2.75, 3.05) is 20.2 Å². The molecule has 0 aromatic heterocycles. The Morgan fingerprint density at radius 1 is 1.45 bits per heavy atom. The second kappa shape index (κ2) is 6.89. The van der Waals surface area contributed by atoms with Crippen LogP contribution in [0.15, 0.2) is 22.7 Å². The van der Waals surface area contributed by atoms with Crippen molar-refractivity contribution < 1.29 is 14.3 Å². The Bertz CT molecular complexity index is 535. The van der Waals surface area contributed by atoms with E-state index in [1.807, 2.05) is 18.2 Å². The molecular formula is C14H15BrINO3. The average Bonchev–Trinajstić information content (AvgIpc) is 2.48. The summed E-state index contributed by atoms with van der Waals surface area (Å²) >= 11 is 5.54. The van der Waals surface area contributed by atoms with Gasteiger partial charge in [-0.05, 0) is 53.6 Å². The summed E-state index contributed by atoms with van der Waals surface area (Å²) in [7, 11) is 1.39. The maximum Gasteiger partial charge on any atom is 0.310 e. The van der Waals surface area contributed by atoms with Gasteiger partial charge in [-0.1, -0.05) is 15.9 Å². The summed E-state index contributed by atoms with van der Waals surface area (Å²) in [6.07, 6.45) is 1.61. The van der Waals surface area contributed by atoms with Crippen LogP contribution in [0.25, 0.3) is 0 Å². The van der Waals surface area contributed by atoms with Gasteiger partial charge in [-0.15, -0.1) is 0 Å². The number of methoxy groups -OCH3 is 1. The van der Waals surface area contributed by atoms with Crippen molar-refractivity contribution in [1.82, 2.24) is 4.90 Å². The lowest BCUT2D eigenvalue weighted by Crippen LogP contribution is -2.42. The van der Waals surface area contributed by atoms with Crippen molar-refractivity contribution >= 4 is 50.4 Å². The molecule has 6 heteroatoms. The van der Waals surface area contributed by atoms with E-state index in [1.54, 1.807) is 4.90 Å². The molecule has 0 saturated carbocycles. The van der Waals surface area contributed by atoms with Crippen molar-refractivity contribution in [2.45, 2.75) is 12.8 Å².